The number of nitrogens with zero attached hydrogens (tertiary/aromatic N) is 2. The molecule has 0 aliphatic carbocycles. The van der Waals surface area contributed by atoms with E-state index in [0.717, 1.165) is 12.1 Å². The Morgan fingerprint density at radius 1 is 1.25 bits per heavy atom. The van der Waals surface area contributed by atoms with Gasteiger partial charge in [-0.1, -0.05) is 18.2 Å². The molecule has 2 heterocycles. The number of carbonyl (C=O) groups excluding carboxylic acids is 1. The number of aliphatic hydroxyl groups excluding tert-OH is 2. The van der Waals surface area contributed by atoms with Gasteiger partial charge in [-0.15, -0.1) is 0 Å². The molecular formula is C15H20N2O3. The van der Waals surface area contributed by atoms with Crippen molar-refractivity contribution >= 4 is 11.6 Å². The van der Waals surface area contributed by atoms with Crippen molar-refractivity contribution in [3.63, 3.8) is 0 Å². The fraction of sp³-hybridized carbons (Fsp3) is 0.533. The maximum atomic E-state index is 12.5. The van der Waals surface area contributed by atoms with Gasteiger partial charge >= 0.3 is 0 Å². The molecule has 2 aliphatic heterocycles. The van der Waals surface area contributed by atoms with Crippen LogP contribution in [0.3, 0.4) is 0 Å². The van der Waals surface area contributed by atoms with Crippen LogP contribution >= 0.6 is 0 Å². The van der Waals surface area contributed by atoms with E-state index in [-0.39, 0.29) is 18.5 Å². The van der Waals surface area contributed by atoms with Gasteiger partial charge in [0.1, 0.15) is 0 Å². The summed E-state index contributed by atoms with van der Waals surface area (Å²) < 4.78 is 0. The van der Waals surface area contributed by atoms with Crippen LogP contribution in [-0.4, -0.2) is 58.9 Å². The molecule has 3 atom stereocenters. The summed E-state index contributed by atoms with van der Waals surface area (Å²) in [5, 5.41) is 19.1. The van der Waals surface area contributed by atoms with Crippen LogP contribution in [0.25, 0.3) is 0 Å². The van der Waals surface area contributed by atoms with E-state index < -0.39 is 12.2 Å². The molecule has 0 spiro atoms. The topological polar surface area (TPSA) is 64.0 Å². The molecule has 1 aromatic carbocycles. The Bertz CT molecular complexity index is 510. The van der Waals surface area contributed by atoms with Crippen LogP contribution in [0.15, 0.2) is 24.3 Å². The number of carbonyl (C=O) groups is 1. The van der Waals surface area contributed by atoms with Crippen LogP contribution in [0.1, 0.15) is 12.5 Å². The van der Waals surface area contributed by atoms with Crippen LogP contribution in [0.4, 0.5) is 5.69 Å². The number of fused-ring (bicyclic) bond motifs is 1. The van der Waals surface area contributed by atoms with Gasteiger partial charge in [0.2, 0.25) is 5.91 Å². The Morgan fingerprint density at radius 3 is 2.60 bits per heavy atom. The van der Waals surface area contributed by atoms with Crippen molar-refractivity contribution in [1.29, 1.82) is 0 Å². The highest BCUT2D eigenvalue weighted by atomic mass is 16.3. The molecule has 2 aliphatic rings. The van der Waals surface area contributed by atoms with Crippen molar-refractivity contribution < 1.29 is 15.0 Å². The van der Waals surface area contributed by atoms with Crippen molar-refractivity contribution in [1.82, 2.24) is 4.90 Å². The summed E-state index contributed by atoms with van der Waals surface area (Å²) in [4.78, 5) is 16.2. The highest BCUT2D eigenvalue weighted by Gasteiger charge is 2.35. The first-order valence-corrected chi connectivity index (χ1v) is 7.04. The van der Waals surface area contributed by atoms with E-state index in [2.05, 4.69) is 6.07 Å². The number of aliphatic hydroxyl groups is 2. The van der Waals surface area contributed by atoms with Gasteiger partial charge < -0.3 is 15.1 Å². The maximum absolute atomic E-state index is 12.5. The molecule has 0 bridgehead atoms. The summed E-state index contributed by atoms with van der Waals surface area (Å²) in [5.74, 6) is 0.0313. The Morgan fingerprint density at radius 2 is 1.90 bits per heavy atom. The van der Waals surface area contributed by atoms with E-state index in [1.807, 2.05) is 34.9 Å². The zero-order valence-electron chi connectivity index (χ0n) is 11.6. The van der Waals surface area contributed by atoms with Gasteiger partial charge in [-0.25, -0.2) is 0 Å². The molecular weight excluding hydrogens is 256 g/mol. The van der Waals surface area contributed by atoms with E-state index in [0.29, 0.717) is 13.1 Å². The largest absolute Gasteiger partial charge is 0.389 e. The Labute approximate surface area is 118 Å². The predicted octanol–water partition coefficient (Wildman–Crippen LogP) is 0.00160. The summed E-state index contributed by atoms with van der Waals surface area (Å²) in [6.07, 6.45) is -0.607. The van der Waals surface area contributed by atoms with Gasteiger partial charge in [0, 0.05) is 24.8 Å². The first-order chi connectivity index (χ1) is 9.56. The third-order valence-electron chi connectivity index (χ3n) is 4.17. The third kappa shape index (κ3) is 2.32. The summed E-state index contributed by atoms with van der Waals surface area (Å²) in [6.45, 7) is 3.01. The smallest absolute Gasteiger partial charge is 0.241 e. The minimum atomic E-state index is -0.744. The quantitative estimate of drug-likeness (QED) is 0.798. The molecule has 0 saturated carbocycles. The molecule has 20 heavy (non-hydrogen) atoms. The van der Waals surface area contributed by atoms with E-state index in [1.165, 1.54) is 5.56 Å². The molecule has 108 valence electrons. The highest BCUT2D eigenvalue weighted by Crippen LogP contribution is 2.32. The van der Waals surface area contributed by atoms with Crippen molar-refractivity contribution in [2.75, 3.05) is 24.5 Å². The number of anilines is 1. The average molecular weight is 276 g/mol. The summed E-state index contributed by atoms with van der Waals surface area (Å²) in [6, 6.07) is 8.14. The second-order valence-corrected chi connectivity index (χ2v) is 5.77. The molecule has 3 rings (SSSR count). The number of hydrogen-bond acceptors (Lipinski definition) is 4. The minimum Gasteiger partial charge on any atom is -0.389 e. The lowest BCUT2D eigenvalue weighted by Crippen LogP contribution is -2.42. The Hall–Kier alpha value is -1.43. The molecule has 0 aromatic heterocycles. The fourth-order valence-electron chi connectivity index (χ4n) is 3.19. The molecule has 1 aromatic rings. The first kappa shape index (κ1) is 13.5. The lowest BCUT2D eigenvalue weighted by Gasteiger charge is -2.25. The highest BCUT2D eigenvalue weighted by molar-refractivity contribution is 5.97. The standard InChI is InChI=1S/C15H20N2O3/c1-10-6-11-4-2-3-5-12(11)17(10)15(20)9-16-7-13(18)14(19)8-16/h2-5,10,13-14,18-19H,6-9H2,1H3/t10?,13-,14+. The normalized spacial score (nSPS) is 29.8. The van der Waals surface area contributed by atoms with Gasteiger partial charge in [0.05, 0.1) is 18.8 Å². The lowest BCUT2D eigenvalue weighted by molar-refractivity contribution is -0.119. The number of β-amino-alcohol motifs (C(OH)–C–C–N with tert-alkyl or cyclic N) is 2. The lowest BCUT2D eigenvalue weighted by atomic mass is 10.1. The van der Waals surface area contributed by atoms with Gasteiger partial charge in [-0.2, -0.15) is 0 Å². The molecule has 1 unspecified atom stereocenters. The Kier molecular flexibility index (Phi) is 3.50. The summed E-state index contributed by atoms with van der Waals surface area (Å²) in [7, 11) is 0. The second kappa shape index (κ2) is 5.16. The van der Waals surface area contributed by atoms with Crippen molar-refractivity contribution in [2.45, 2.75) is 31.6 Å². The third-order valence-corrected chi connectivity index (χ3v) is 4.17. The number of hydrogen-bond donors (Lipinski definition) is 2. The minimum absolute atomic E-state index is 0.0313. The van der Waals surface area contributed by atoms with Gasteiger partial charge in [-0.3, -0.25) is 9.69 Å². The zero-order chi connectivity index (χ0) is 14.3. The van der Waals surface area contributed by atoms with E-state index in [4.69, 9.17) is 0 Å². The molecule has 1 amide bonds. The van der Waals surface area contributed by atoms with Crippen LogP contribution < -0.4 is 4.90 Å². The van der Waals surface area contributed by atoms with E-state index in [1.54, 1.807) is 0 Å². The molecule has 1 saturated heterocycles. The van der Waals surface area contributed by atoms with Crippen LogP contribution in [-0.2, 0) is 11.2 Å². The predicted molar refractivity (Wildman–Crippen MR) is 75.5 cm³/mol. The number of likely N-dealkylation sites (tertiary alicyclic amines) is 1. The number of para-hydroxylation sites is 1. The van der Waals surface area contributed by atoms with Crippen LogP contribution in [0.2, 0.25) is 0 Å². The van der Waals surface area contributed by atoms with Gasteiger partial charge in [0.25, 0.3) is 0 Å². The second-order valence-electron chi connectivity index (χ2n) is 5.77. The average Bonchev–Trinajstić information content (AvgIpc) is 2.88. The molecule has 2 N–H and O–H groups in total. The summed E-state index contributed by atoms with van der Waals surface area (Å²) >= 11 is 0. The molecule has 5 heteroatoms. The Balaban J connectivity index is 1.72. The number of amides is 1. The number of benzene rings is 1. The maximum Gasteiger partial charge on any atom is 0.241 e. The first-order valence-electron chi connectivity index (χ1n) is 7.04. The molecule has 5 nitrogen and oxygen atoms in total. The molecule has 1 fully saturated rings. The van der Waals surface area contributed by atoms with Crippen LogP contribution in [0.5, 0.6) is 0 Å². The van der Waals surface area contributed by atoms with Crippen molar-refractivity contribution in [3.8, 4) is 0 Å². The molecule has 0 radical (unpaired) electrons. The summed E-state index contributed by atoms with van der Waals surface area (Å²) in [5.41, 5.74) is 2.19. The van der Waals surface area contributed by atoms with Crippen molar-refractivity contribution in [3.05, 3.63) is 29.8 Å². The monoisotopic (exact) mass is 276 g/mol. The number of rotatable bonds is 2. The SMILES string of the molecule is CC1Cc2ccccc2N1C(=O)CN1C[C@@H](O)[C@@H](O)C1. The zero-order valence-corrected chi connectivity index (χ0v) is 11.6. The van der Waals surface area contributed by atoms with Crippen molar-refractivity contribution in [2.24, 2.45) is 0 Å². The van der Waals surface area contributed by atoms with Crippen LogP contribution in [0, 0.1) is 0 Å². The fourth-order valence-corrected chi connectivity index (χ4v) is 3.19. The van der Waals surface area contributed by atoms with E-state index >= 15 is 0 Å². The van der Waals surface area contributed by atoms with Gasteiger partial charge in [-0.05, 0) is 25.0 Å². The van der Waals surface area contributed by atoms with Gasteiger partial charge in [0.15, 0.2) is 0 Å². The van der Waals surface area contributed by atoms with E-state index in [9.17, 15) is 15.0 Å².